The molecular weight excluding hydrogens is 264 g/mol. The number of rotatable bonds is 6. The van der Waals surface area contributed by atoms with Gasteiger partial charge in [-0.15, -0.1) is 10.2 Å². The summed E-state index contributed by atoms with van der Waals surface area (Å²) in [6, 6.07) is 3.87. The Morgan fingerprint density at radius 2 is 2.16 bits per heavy atom. The van der Waals surface area contributed by atoms with Gasteiger partial charge in [-0.05, 0) is 24.1 Å². The number of hydrogen-bond acceptors (Lipinski definition) is 6. The molecule has 0 aromatic carbocycles. The lowest BCUT2D eigenvalue weighted by molar-refractivity contribution is -0.118. The van der Waals surface area contributed by atoms with E-state index in [1.165, 1.54) is 11.8 Å². The Morgan fingerprint density at radius 1 is 1.37 bits per heavy atom. The number of carbonyl (C=O) groups excluding carboxylic acids is 1. The summed E-state index contributed by atoms with van der Waals surface area (Å²) >= 11 is 1.23. The first-order valence-electron chi connectivity index (χ1n) is 5.82. The minimum absolute atomic E-state index is 0.0464. The van der Waals surface area contributed by atoms with Crippen LogP contribution in [-0.2, 0) is 11.2 Å². The van der Waals surface area contributed by atoms with Crippen molar-refractivity contribution in [2.75, 3.05) is 12.3 Å². The van der Waals surface area contributed by atoms with E-state index in [1.54, 1.807) is 19.3 Å². The maximum atomic E-state index is 11.6. The average Bonchev–Trinajstić information content (AvgIpc) is 2.83. The molecule has 0 aliphatic carbocycles. The maximum absolute atomic E-state index is 11.6. The van der Waals surface area contributed by atoms with E-state index in [1.807, 2.05) is 12.1 Å². The second-order valence-electron chi connectivity index (χ2n) is 3.83. The molecule has 0 radical (unpaired) electrons. The van der Waals surface area contributed by atoms with Crippen LogP contribution in [0.1, 0.15) is 11.5 Å². The summed E-state index contributed by atoms with van der Waals surface area (Å²) in [5.41, 5.74) is 1.15. The molecule has 0 saturated heterocycles. The number of carbonyl (C=O) groups is 1. The molecular formula is C12H14N4O2S. The van der Waals surface area contributed by atoms with Crippen molar-refractivity contribution in [1.29, 1.82) is 0 Å². The third-order valence-corrected chi connectivity index (χ3v) is 3.14. The first kappa shape index (κ1) is 13.5. The van der Waals surface area contributed by atoms with E-state index in [9.17, 15) is 4.79 Å². The first-order valence-corrected chi connectivity index (χ1v) is 6.81. The van der Waals surface area contributed by atoms with Crippen LogP contribution in [0.5, 0.6) is 0 Å². The summed E-state index contributed by atoms with van der Waals surface area (Å²) in [7, 11) is 0. The predicted molar refractivity (Wildman–Crippen MR) is 70.7 cm³/mol. The zero-order chi connectivity index (χ0) is 13.5. The normalized spacial score (nSPS) is 10.4. The van der Waals surface area contributed by atoms with Crippen molar-refractivity contribution in [1.82, 2.24) is 20.5 Å². The molecule has 0 aliphatic heterocycles. The highest BCUT2D eigenvalue weighted by Crippen LogP contribution is 2.14. The Balaban J connectivity index is 1.65. The van der Waals surface area contributed by atoms with Crippen molar-refractivity contribution < 1.29 is 9.21 Å². The van der Waals surface area contributed by atoms with Gasteiger partial charge in [0.2, 0.25) is 11.8 Å². The predicted octanol–water partition coefficient (Wildman–Crippen LogP) is 1.22. The third-order valence-electron chi connectivity index (χ3n) is 2.32. The van der Waals surface area contributed by atoms with Gasteiger partial charge < -0.3 is 9.73 Å². The lowest BCUT2D eigenvalue weighted by Gasteiger charge is -2.03. The molecule has 0 saturated carbocycles. The van der Waals surface area contributed by atoms with E-state index in [-0.39, 0.29) is 11.7 Å². The third kappa shape index (κ3) is 4.70. The summed E-state index contributed by atoms with van der Waals surface area (Å²) in [6.45, 7) is 2.32. The minimum atomic E-state index is -0.0464. The zero-order valence-corrected chi connectivity index (χ0v) is 11.3. The van der Waals surface area contributed by atoms with Crippen molar-refractivity contribution in [2.45, 2.75) is 18.6 Å². The lowest BCUT2D eigenvalue weighted by Crippen LogP contribution is -2.27. The van der Waals surface area contributed by atoms with Crippen LogP contribution in [0.4, 0.5) is 0 Å². The fourth-order valence-corrected chi connectivity index (χ4v) is 2.05. The van der Waals surface area contributed by atoms with Crippen LogP contribution in [0, 0.1) is 6.92 Å². The van der Waals surface area contributed by atoms with Crippen LogP contribution >= 0.6 is 11.8 Å². The number of nitrogens with zero attached hydrogens (tertiary/aromatic N) is 3. The van der Waals surface area contributed by atoms with Crippen LogP contribution in [0.25, 0.3) is 0 Å². The van der Waals surface area contributed by atoms with Gasteiger partial charge >= 0.3 is 0 Å². The van der Waals surface area contributed by atoms with E-state index in [0.29, 0.717) is 17.7 Å². The fraction of sp³-hybridized carbons (Fsp3) is 0.333. The number of pyridine rings is 1. The summed E-state index contributed by atoms with van der Waals surface area (Å²) < 4.78 is 5.16. The van der Waals surface area contributed by atoms with Gasteiger partial charge in [0.25, 0.3) is 5.22 Å². The molecule has 2 aromatic rings. The highest BCUT2D eigenvalue weighted by atomic mass is 32.2. The molecule has 7 heteroatoms. The fourth-order valence-electron chi connectivity index (χ4n) is 1.41. The first-order chi connectivity index (χ1) is 9.24. The molecule has 0 aliphatic rings. The van der Waals surface area contributed by atoms with Crippen molar-refractivity contribution in [3.63, 3.8) is 0 Å². The van der Waals surface area contributed by atoms with Crippen LogP contribution in [0.2, 0.25) is 0 Å². The molecule has 2 aromatic heterocycles. The molecule has 2 heterocycles. The Morgan fingerprint density at radius 3 is 2.84 bits per heavy atom. The molecule has 19 heavy (non-hydrogen) atoms. The number of nitrogens with one attached hydrogen (secondary N) is 1. The van der Waals surface area contributed by atoms with Crippen molar-refractivity contribution in [3.8, 4) is 0 Å². The topological polar surface area (TPSA) is 80.9 Å². The van der Waals surface area contributed by atoms with Gasteiger partial charge in [-0.3, -0.25) is 9.78 Å². The summed E-state index contributed by atoms with van der Waals surface area (Å²) in [4.78, 5) is 15.5. The van der Waals surface area contributed by atoms with E-state index < -0.39 is 0 Å². The average molecular weight is 278 g/mol. The van der Waals surface area contributed by atoms with Crippen molar-refractivity contribution in [2.24, 2.45) is 0 Å². The van der Waals surface area contributed by atoms with Gasteiger partial charge in [-0.1, -0.05) is 11.8 Å². The van der Waals surface area contributed by atoms with Gasteiger partial charge in [0.1, 0.15) is 0 Å². The highest BCUT2D eigenvalue weighted by molar-refractivity contribution is 7.99. The summed E-state index contributed by atoms with van der Waals surface area (Å²) in [6.07, 6.45) is 4.27. The van der Waals surface area contributed by atoms with Crippen molar-refractivity contribution >= 4 is 17.7 Å². The van der Waals surface area contributed by atoms with Crippen molar-refractivity contribution in [3.05, 3.63) is 36.0 Å². The largest absolute Gasteiger partial charge is 0.416 e. The zero-order valence-electron chi connectivity index (χ0n) is 10.5. The van der Waals surface area contributed by atoms with E-state index >= 15 is 0 Å². The Bertz CT molecular complexity index is 530. The molecule has 6 nitrogen and oxygen atoms in total. The highest BCUT2D eigenvalue weighted by Gasteiger charge is 2.07. The smallest absolute Gasteiger partial charge is 0.277 e. The maximum Gasteiger partial charge on any atom is 0.277 e. The van der Waals surface area contributed by atoms with E-state index in [2.05, 4.69) is 20.5 Å². The number of thioether (sulfide) groups is 1. The lowest BCUT2D eigenvalue weighted by atomic mass is 10.2. The number of hydrogen-bond donors (Lipinski definition) is 1. The molecule has 1 amide bonds. The second kappa shape index (κ2) is 6.89. The number of amides is 1. The Labute approximate surface area is 115 Å². The summed E-state index contributed by atoms with van der Waals surface area (Å²) in [5.74, 6) is 0.730. The second-order valence-corrected chi connectivity index (χ2v) is 4.76. The standard InChI is InChI=1S/C12H14N4O2S/c1-9-15-16-12(18-9)19-8-11(17)14-7-4-10-2-5-13-6-3-10/h2-3,5-6H,4,7-8H2,1H3,(H,14,17). The monoisotopic (exact) mass is 278 g/mol. The molecule has 0 unspecified atom stereocenters. The van der Waals surface area contributed by atoms with E-state index in [0.717, 1.165) is 12.0 Å². The van der Waals surface area contributed by atoms with E-state index in [4.69, 9.17) is 4.42 Å². The van der Waals surface area contributed by atoms with Crippen LogP contribution < -0.4 is 5.32 Å². The minimum Gasteiger partial charge on any atom is -0.416 e. The SMILES string of the molecule is Cc1nnc(SCC(=O)NCCc2ccncc2)o1. The number of aryl methyl sites for hydroxylation is 1. The summed E-state index contributed by atoms with van der Waals surface area (Å²) in [5, 5.41) is 10.8. The molecule has 2 rings (SSSR count). The molecule has 0 fully saturated rings. The quantitative estimate of drug-likeness (QED) is 0.800. The Kier molecular flexibility index (Phi) is 4.91. The van der Waals surface area contributed by atoms with Gasteiger partial charge in [-0.25, -0.2) is 0 Å². The van der Waals surface area contributed by atoms with Gasteiger partial charge in [-0.2, -0.15) is 0 Å². The van der Waals surface area contributed by atoms with Crippen LogP contribution in [0.3, 0.4) is 0 Å². The molecule has 100 valence electrons. The molecule has 0 atom stereocenters. The van der Waals surface area contributed by atoms with Crippen LogP contribution in [-0.4, -0.2) is 33.4 Å². The van der Waals surface area contributed by atoms with Gasteiger partial charge in [0.15, 0.2) is 0 Å². The van der Waals surface area contributed by atoms with Gasteiger partial charge in [0.05, 0.1) is 5.75 Å². The molecule has 0 spiro atoms. The molecule has 1 N–H and O–H groups in total. The van der Waals surface area contributed by atoms with Gasteiger partial charge in [0, 0.05) is 25.9 Å². The Hall–Kier alpha value is -1.89. The van der Waals surface area contributed by atoms with Crippen LogP contribution in [0.15, 0.2) is 34.2 Å². The number of aromatic nitrogens is 3. The molecule has 0 bridgehead atoms.